The first-order valence-corrected chi connectivity index (χ1v) is 5.33. The van der Waals surface area contributed by atoms with E-state index in [9.17, 15) is 9.59 Å². The van der Waals surface area contributed by atoms with Gasteiger partial charge in [0, 0.05) is 0 Å². The Kier molecular flexibility index (Phi) is 3.63. The molecule has 0 radical (unpaired) electrons. The van der Waals surface area contributed by atoms with Gasteiger partial charge in [-0.3, -0.25) is 4.79 Å². The quantitative estimate of drug-likeness (QED) is 0.860. The molecule has 1 atom stereocenters. The van der Waals surface area contributed by atoms with Gasteiger partial charge in [-0.2, -0.15) is 0 Å². The van der Waals surface area contributed by atoms with Crippen LogP contribution in [0.5, 0.6) is 0 Å². The van der Waals surface area contributed by atoms with Gasteiger partial charge in [0.2, 0.25) is 0 Å². The number of ketones is 1. The Morgan fingerprint density at radius 1 is 1.40 bits per heavy atom. The molecule has 0 aliphatic carbocycles. The summed E-state index contributed by atoms with van der Waals surface area (Å²) in [6, 6.07) is 4.76. The van der Waals surface area contributed by atoms with Crippen LogP contribution in [0.4, 0.5) is 0 Å². The van der Waals surface area contributed by atoms with E-state index in [1.54, 1.807) is 6.07 Å². The molecule has 1 N–H and O–H groups in total. The number of rotatable bonds is 3. The Morgan fingerprint density at radius 3 is 2.47 bits per heavy atom. The Labute approximate surface area is 96.2 Å². The zero-order valence-electron chi connectivity index (χ0n) is 8.45. The smallest absolute Gasteiger partial charge is 0.335 e. The highest BCUT2D eigenvalue weighted by Crippen LogP contribution is 2.27. The number of carboxylic acid groups (broad SMARTS) is 1. The van der Waals surface area contributed by atoms with Crippen molar-refractivity contribution in [1.82, 2.24) is 0 Å². The van der Waals surface area contributed by atoms with Crippen molar-refractivity contribution < 1.29 is 14.7 Å². The molecule has 0 aliphatic rings. The summed E-state index contributed by atoms with van der Waals surface area (Å²) < 4.78 is 0. The van der Waals surface area contributed by atoms with Crippen LogP contribution < -0.4 is 0 Å². The normalized spacial score (nSPS) is 12.2. The maximum absolute atomic E-state index is 11.2. The van der Waals surface area contributed by atoms with Crippen LogP contribution in [-0.2, 0) is 4.79 Å². The van der Waals surface area contributed by atoms with Crippen molar-refractivity contribution in [1.29, 1.82) is 0 Å². The van der Waals surface area contributed by atoms with Gasteiger partial charge in [-0.05, 0) is 37.1 Å². The number of carbonyl (C=O) groups excluding carboxylic acids is 1. The first-order chi connectivity index (χ1) is 6.93. The van der Waals surface area contributed by atoms with Crippen molar-refractivity contribution in [3.63, 3.8) is 0 Å². The molecular weight excluding hydrogens is 260 g/mol. The molecule has 0 aliphatic heterocycles. The molecule has 0 heterocycles. The van der Waals surface area contributed by atoms with E-state index >= 15 is 0 Å². The highest BCUT2D eigenvalue weighted by molar-refractivity contribution is 9.09. The van der Waals surface area contributed by atoms with Crippen molar-refractivity contribution in [3.8, 4) is 0 Å². The van der Waals surface area contributed by atoms with E-state index in [4.69, 9.17) is 5.11 Å². The average Bonchev–Trinajstić information content (AvgIpc) is 2.16. The van der Waals surface area contributed by atoms with Gasteiger partial charge in [-0.15, -0.1) is 0 Å². The van der Waals surface area contributed by atoms with Gasteiger partial charge in [0.15, 0.2) is 0 Å². The molecule has 0 saturated carbocycles. The van der Waals surface area contributed by atoms with Gasteiger partial charge in [0.25, 0.3) is 0 Å². The number of aromatic carboxylic acids is 1. The maximum atomic E-state index is 11.2. The summed E-state index contributed by atoms with van der Waals surface area (Å²) in [5.41, 5.74) is 1.81. The number of carbonyl (C=O) groups is 2. The van der Waals surface area contributed by atoms with Crippen LogP contribution in [0.2, 0.25) is 0 Å². The van der Waals surface area contributed by atoms with E-state index in [0.717, 1.165) is 5.56 Å². The molecule has 1 unspecified atom stereocenters. The first kappa shape index (κ1) is 11.9. The van der Waals surface area contributed by atoms with Gasteiger partial charge in [-0.1, -0.05) is 22.0 Å². The Balaban J connectivity index is 3.22. The number of alkyl halides is 1. The van der Waals surface area contributed by atoms with Crippen LogP contribution in [0, 0.1) is 6.92 Å². The van der Waals surface area contributed by atoms with Crippen molar-refractivity contribution in [2.24, 2.45) is 0 Å². The molecule has 3 nitrogen and oxygen atoms in total. The highest BCUT2D eigenvalue weighted by atomic mass is 79.9. The molecule has 0 aromatic heterocycles. The van der Waals surface area contributed by atoms with Gasteiger partial charge >= 0.3 is 5.97 Å². The molecule has 0 bridgehead atoms. The third kappa shape index (κ3) is 2.65. The van der Waals surface area contributed by atoms with E-state index < -0.39 is 10.8 Å². The van der Waals surface area contributed by atoms with Gasteiger partial charge in [0.05, 0.1) is 10.4 Å². The predicted molar refractivity (Wildman–Crippen MR) is 60.5 cm³/mol. The lowest BCUT2D eigenvalue weighted by molar-refractivity contribution is -0.116. The summed E-state index contributed by atoms with van der Waals surface area (Å²) in [5.74, 6) is -1.03. The summed E-state index contributed by atoms with van der Waals surface area (Å²) in [4.78, 5) is 21.5. The molecule has 80 valence electrons. The molecule has 0 fully saturated rings. The Bertz CT molecular complexity index is 412. The van der Waals surface area contributed by atoms with E-state index in [-0.39, 0.29) is 11.3 Å². The molecule has 0 amide bonds. The molecule has 4 heteroatoms. The number of aryl methyl sites for hydroxylation is 1. The highest BCUT2D eigenvalue weighted by Gasteiger charge is 2.16. The van der Waals surface area contributed by atoms with E-state index in [0.29, 0.717) is 5.56 Å². The number of hydrogen-bond donors (Lipinski definition) is 1. The van der Waals surface area contributed by atoms with Crippen molar-refractivity contribution in [2.45, 2.75) is 18.7 Å². The third-order valence-corrected chi connectivity index (χ3v) is 3.29. The maximum Gasteiger partial charge on any atom is 0.335 e. The summed E-state index contributed by atoms with van der Waals surface area (Å²) >= 11 is 3.24. The number of Topliss-reactive ketones (excluding diaryl/α,β-unsaturated/α-hetero) is 1. The summed E-state index contributed by atoms with van der Waals surface area (Å²) in [5, 5.41) is 8.82. The topological polar surface area (TPSA) is 54.4 Å². The minimum atomic E-state index is -0.987. The Morgan fingerprint density at radius 2 is 2.00 bits per heavy atom. The average molecular weight is 271 g/mol. The van der Waals surface area contributed by atoms with E-state index in [2.05, 4.69) is 15.9 Å². The zero-order chi connectivity index (χ0) is 11.6. The van der Waals surface area contributed by atoms with Crippen molar-refractivity contribution >= 4 is 27.7 Å². The molecule has 1 rings (SSSR count). The second-order valence-corrected chi connectivity index (χ2v) is 4.27. The van der Waals surface area contributed by atoms with Crippen LogP contribution in [0.1, 0.15) is 33.2 Å². The summed E-state index contributed by atoms with van der Waals surface area (Å²) in [6.07, 6.45) is 0. The fourth-order valence-electron chi connectivity index (χ4n) is 1.27. The standard InChI is InChI=1S/C11H11BrO3/c1-6-3-4-8(11(14)15)5-9(6)10(12)7(2)13/h3-5,10H,1-2H3,(H,14,15). The second-order valence-electron chi connectivity index (χ2n) is 3.35. The van der Waals surface area contributed by atoms with Crippen LogP contribution in [0.3, 0.4) is 0 Å². The molecular formula is C11H11BrO3. The van der Waals surface area contributed by atoms with Gasteiger partial charge in [-0.25, -0.2) is 4.79 Å². The monoisotopic (exact) mass is 270 g/mol. The summed E-state index contributed by atoms with van der Waals surface area (Å²) in [6.45, 7) is 3.31. The van der Waals surface area contributed by atoms with Gasteiger partial charge in [0.1, 0.15) is 5.78 Å². The Hall–Kier alpha value is -1.16. The minimum Gasteiger partial charge on any atom is -0.478 e. The molecule has 1 aromatic carbocycles. The number of benzene rings is 1. The zero-order valence-corrected chi connectivity index (χ0v) is 10.0. The van der Waals surface area contributed by atoms with Crippen molar-refractivity contribution in [3.05, 3.63) is 34.9 Å². The summed E-state index contributed by atoms with van der Waals surface area (Å²) in [7, 11) is 0. The first-order valence-electron chi connectivity index (χ1n) is 4.42. The predicted octanol–water partition coefficient (Wildman–Crippen LogP) is 2.72. The molecule has 15 heavy (non-hydrogen) atoms. The van der Waals surface area contributed by atoms with Crippen LogP contribution in [-0.4, -0.2) is 16.9 Å². The van der Waals surface area contributed by atoms with E-state index in [1.807, 2.05) is 6.92 Å². The number of hydrogen-bond acceptors (Lipinski definition) is 2. The minimum absolute atomic E-state index is 0.0411. The number of carboxylic acids is 1. The van der Waals surface area contributed by atoms with Crippen molar-refractivity contribution in [2.75, 3.05) is 0 Å². The molecule has 1 aromatic rings. The number of halogens is 1. The van der Waals surface area contributed by atoms with Gasteiger partial charge < -0.3 is 5.11 Å². The fourth-order valence-corrected chi connectivity index (χ4v) is 1.76. The lowest BCUT2D eigenvalue weighted by Crippen LogP contribution is -2.05. The van der Waals surface area contributed by atoms with Crippen LogP contribution >= 0.6 is 15.9 Å². The molecule has 0 saturated heterocycles. The largest absolute Gasteiger partial charge is 0.478 e. The fraction of sp³-hybridized carbons (Fsp3) is 0.273. The lowest BCUT2D eigenvalue weighted by atomic mass is 10.0. The van der Waals surface area contributed by atoms with Crippen LogP contribution in [0.25, 0.3) is 0 Å². The molecule has 0 spiro atoms. The third-order valence-electron chi connectivity index (χ3n) is 2.16. The van der Waals surface area contributed by atoms with E-state index in [1.165, 1.54) is 19.1 Å². The SMILES string of the molecule is CC(=O)C(Br)c1cc(C(=O)O)ccc1C. The lowest BCUT2D eigenvalue weighted by Gasteiger charge is -2.10. The second kappa shape index (κ2) is 4.57. The van der Waals surface area contributed by atoms with Crippen LogP contribution in [0.15, 0.2) is 18.2 Å².